The molecule has 2 atom stereocenters. The summed E-state index contributed by atoms with van der Waals surface area (Å²) in [7, 11) is 0. The summed E-state index contributed by atoms with van der Waals surface area (Å²) in [5.41, 5.74) is 13.0. The van der Waals surface area contributed by atoms with Crippen LogP contribution in [0.2, 0.25) is 0 Å². The molecule has 78 valence electrons. The minimum absolute atomic E-state index is 0.130. The molecule has 2 unspecified atom stereocenters. The molecule has 0 spiro atoms. The van der Waals surface area contributed by atoms with Crippen molar-refractivity contribution in [3.63, 3.8) is 0 Å². The maximum Gasteiger partial charge on any atom is 0.0624 e. The van der Waals surface area contributed by atoms with E-state index in [1.165, 1.54) is 0 Å². The number of rotatable bonds is 4. The van der Waals surface area contributed by atoms with Crippen LogP contribution in [0.15, 0.2) is 24.3 Å². The van der Waals surface area contributed by atoms with Crippen molar-refractivity contribution in [1.82, 2.24) is 0 Å². The van der Waals surface area contributed by atoms with Crippen LogP contribution in [0.1, 0.15) is 23.2 Å². The first-order chi connectivity index (χ1) is 6.70. The van der Waals surface area contributed by atoms with Crippen LogP contribution in [0.25, 0.3) is 0 Å². The number of hydrogen-bond donors (Lipinski definition) is 4. The quantitative estimate of drug-likeness (QED) is 0.530. The van der Waals surface area contributed by atoms with Gasteiger partial charge >= 0.3 is 0 Å². The summed E-state index contributed by atoms with van der Waals surface area (Å²) < 4.78 is 0. The van der Waals surface area contributed by atoms with Gasteiger partial charge in [-0.1, -0.05) is 24.3 Å². The van der Waals surface area contributed by atoms with Gasteiger partial charge in [-0.25, -0.2) is 0 Å². The minimum atomic E-state index is -0.441. The highest BCUT2D eigenvalue weighted by Gasteiger charge is 2.13. The fourth-order valence-corrected chi connectivity index (χ4v) is 1.38. The monoisotopic (exact) mass is 196 g/mol. The van der Waals surface area contributed by atoms with Gasteiger partial charge < -0.3 is 21.7 Å². The van der Waals surface area contributed by atoms with Crippen molar-refractivity contribution in [2.24, 2.45) is 11.5 Å². The molecule has 1 rings (SSSR count). The second-order valence-electron chi connectivity index (χ2n) is 3.21. The number of aliphatic hydroxyl groups is 2. The van der Waals surface area contributed by atoms with E-state index in [1.54, 1.807) is 0 Å². The fraction of sp³-hybridized carbons (Fsp3) is 0.400. The minimum Gasteiger partial charge on any atom is -0.394 e. The van der Waals surface area contributed by atoms with E-state index in [1.807, 2.05) is 24.3 Å². The van der Waals surface area contributed by atoms with Gasteiger partial charge in [0.1, 0.15) is 0 Å². The van der Waals surface area contributed by atoms with Gasteiger partial charge in [-0.15, -0.1) is 0 Å². The van der Waals surface area contributed by atoms with Gasteiger partial charge in [-0.2, -0.15) is 0 Å². The highest BCUT2D eigenvalue weighted by atomic mass is 16.3. The molecule has 0 saturated carbocycles. The third-order valence-electron chi connectivity index (χ3n) is 2.19. The van der Waals surface area contributed by atoms with Crippen molar-refractivity contribution in [1.29, 1.82) is 0 Å². The van der Waals surface area contributed by atoms with E-state index >= 15 is 0 Å². The molecule has 4 nitrogen and oxygen atoms in total. The molecule has 1 aromatic rings. The Morgan fingerprint density at radius 3 is 1.57 bits per heavy atom. The summed E-state index contributed by atoms with van der Waals surface area (Å²) in [6.45, 7) is -0.260. The van der Waals surface area contributed by atoms with E-state index in [4.69, 9.17) is 21.7 Å². The Bertz CT molecular complexity index is 262. The molecule has 14 heavy (non-hydrogen) atoms. The largest absolute Gasteiger partial charge is 0.394 e. The van der Waals surface area contributed by atoms with Crippen LogP contribution in [0.5, 0.6) is 0 Å². The molecule has 0 amide bonds. The number of nitrogens with two attached hydrogens (primary N) is 2. The second-order valence-corrected chi connectivity index (χ2v) is 3.21. The molecule has 4 heteroatoms. The summed E-state index contributed by atoms with van der Waals surface area (Å²) in [6, 6.07) is 6.40. The molecule has 0 fully saturated rings. The third-order valence-corrected chi connectivity index (χ3v) is 2.19. The molecule has 0 aromatic heterocycles. The van der Waals surface area contributed by atoms with E-state index in [0.717, 1.165) is 11.1 Å². The smallest absolute Gasteiger partial charge is 0.0624 e. The number of aliphatic hydroxyl groups excluding tert-OH is 2. The molecule has 0 aliphatic carbocycles. The zero-order valence-corrected chi connectivity index (χ0v) is 7.93. The summed E-state index contributed by atoms with van der Waals surface area (Å²) >= 11 is 0. The predicted octanol–water partition coefficient (Wildman–Crippen LogP) is -0.329. The van der Waals surface area contributed by atoms with Gasteiger partial charge in [-0.05, 0) is 11.1 Å². The zero-order chi connectivity index (χ0) is 10.6. The molecule has 0 aliphatic rings. The van der Waals surface area contributed by atoms with E-state index in [-0.39, 0.29) is 13.2 Å². The van der Waals surface area contributed by atoms with E-state index in [9.17, 15) is 0 Å². The number of hydrogen-bond acceptors (Lipinski definition) is 4. The lowest BCUT2D eigenvalue weighted by Gasteiger charge is -2.17. The van der Waals surface area contributed by atoms with Crippen molar-refractivity contribution >= 4 is 0 Å². The second kappa shape index (κ2) is 5.07. The van der Waals surface area contributed by atoms with Crippen LogP contribution in [0, 0.1) is 0 Å². The van der Waals surface area contributed by atoms with Gasteiger partial charge in [0.15, 0.2) is 0 Å². The Morgan fingerprint density at radius 2 is 1.29 bits per heavy atom. The first-order valence-electron chi connectivity index (χ1n) is 4.52. The molecular formula is C10H16N2O2. The average Bonchev–Trinajstić information content (AvgIpc) is 2.27. The Hall–Kier alpha value is -0.940. The van der Waals surface area contributed by atoms with Crippen LogP contribution >= 0.6 is 0 Å². The first kappa shape index (κ1) is 11.1. The van der Waals surface area contributed by atoms with Crippen LogP contribution in [-0.2, 0) is 0 Å². The van der Waals surface area contributed by atoms with Crippen molar-refractivity contribution < 1.29 is 10.2 Å². The standard InChI is InChI=1S/C10H16N2O2/c11-9(5-13)7-3-1-2-4-8(7)10(12)6-14/h1-4,9-10,13-14H,5-6,11-12H2. The van der Waals surface area contributed by atoms with E-state index in [2.05, 4.69) is 0 Å². The van der Waals surface area contributed by atoms with Crippen LogP contribution in [-0.4, -0.2) is 23.4 Å². The molecule has 0 saturated heterocycles. The lowest BCUT2D eigenvalue weighted by atomic mass is 9.96. The Labute approximate surface area is 83.2 Å². The van der Waals surface area contributed by atoms with Crippen molar-refractivity contribution in [3.05, 3.63) is 35.4 Å². The zero-order valence-electron chi connectivity index (χ0n) is 7.93. The molecular weight excluding hydrogens is 180 g/mol. The molecule has 0 heterocycles. The molecule has 0 aliphatic heterocycles. The van der Waals surface area contributed by atoms with Gasteiger partial charge in [0.25, 0.3) is 0 Å². The number of benzene rings is 1. The normalized spacial score (nSPS) is 15.1. The summed E-state index contributed by atoms with van der Waals surface area (Å²) in [5.74, 6) is 0. The third kappa shape index (κ3) is 2.30. The Kier molecular flexibility index (Phi) is 4.03. The summed E-state index contributed by atoms with van der Waals surface area (Å²) in [4.78, 5) is 0. The van der Waals surface area contributed by atoms with Gasteiger partial charge in [0.05, 0.1) is 25.3 Å². The van der Waals surface area contributed by atoms with E-state index in [0.29, 0.717) is 0 Å². The summed E-state index contributed by atoms with van der Waals surface area (Å²) in [6.07, 6.45) is 0. The van der Waals surface area contributed by atoms with Crippen LogP contribution in [0.4, 0.5) is 0 Å². The predicted molar refractivity (Wildman–Crippen MR) is 54.5 cm³/mol. The molecule has 1 aromatic carbocycles. The summed E-state index contributed by atoms with van der Waals surface area (Å²) in [5, 5.41) is 17.9. The molecule has 0 radical (unpaired) electrons. The maximum atomic E-state index is 8.94. The average molecular weight is 196 g/mol. The lowest BCUT2D eigenvalue weighted by molar-refractivity contribution is 0.258. The molecule has 0 bridgehead atoms. The highest BCUT2D eigenvalue weighted by molar-refractivity contribution is 5.32. The van der Waals surface area contributed by atoms with Crippen molar-refractivity contribution in [2.45, 2.75) is 12.1 Å². The first-order valence-corrected chi connectivity index (χ1v) is 4.52. The van der Waals surface area contributed by atoms with Crippen LogP contribution in [0.3, 0.4) is 0 Å². The van der Waals surface area contributed by atoms with Gasteiger partial charge in [0.2, 0.25) is 0 Å². The maximum absolute atomic E-state index is 8.94. The van der Waals surface area contributed by atoms with Crippen molar-refractivity contribution in [3.8, 4) is 0 Å². The Morgan fingerprint density at radius 1 is 0.929 bits per heavy atom. The highest BCUT2D eigenvalue weighted by Crippen LogP contribution is 2.20. The topological polar surface area (TPSA) is 92.5 Å². The lowest BCUT2D eigenvalue weighted by Crippen LogP contribution is -2.22. The van der Waals surface area contributed by atoms with E-state index < -0.39 is 12.1 Å². The SMILES string of the molecule is NC(CO)c1ccccc1C(N)CO. The van der Waals surface area contributed by atoms with Gasteiger partial charge in [0, 0.05) is 0 Å². The Balaban J connectivity index is 3.02. The molecule has 6 N–H and O–H groups in total. The van der Waals surface area contributed by atoms with Gasteiger partial charge in [-0.3, -0.25) is 0 Å². The van der Waals surface area contributed by atoms with Crippen molar-refractivity contribution in [2.75, 3.05) is 13.2 Å². The van der Waals surface area contributed by atoms with Crippen LogP contribution < -0.4 is 11.5 Å². The fourth-order valence-electron chi connectivity index (χ4n) is 1.38.